The first kappa shape index (κ1) is 11.6. The number of rotatable bonds is 3. The van der Waals surface area contributed by atoms with Crippen molar-refractivity contribution in [2.45, 2.75) is 45.2 Å². The van der Waals surface area contributed by atoms with Gasteiger partial charge >= 0.3 is 0 Å². The van der Waals surface area contributed by atoms with Crippen LogP contribution in [0.5, 0.6) is 0 Å². The summed E-state index contributed by atoms with van der Waals surface area (Å²) in [5.41, 5.74) is 1.36. The number of hydrogen-bond acceptors (Lipinski definition) is 3. The largest absolute Gasteiger partial charge is 0.305 e. The lowest BCUT2D eigenvalue weighted by Crippen LogP contribution is -2.33. The summed E-state index contributed by atoms with van der Waals surface area (Å²) in [5, 5.41) is 14.8. The molecule has 86 valence electrons. The predicted molar refractivity (Wildman–Crippen MR) is 67.3 cm³/mol. The molecule has 3 atom stereocenters. The molecule has 0 radical (unpaired) electrons. The van der Waals surface area contributed by atoms with Gasteiger partial charge in [0.1, 0.15) is 0 Å². The van der Waals surface area contributed by atoms with E-state index in [-0.39, 0.29) is 5.92 Å². The normalized spacial score (nSPS) is 26.6. The van der Waals surface area contributed by atoms with Crippen LogP contribution < -0.4 is 5.32 Å². The van der Waals surface area contributed by atoms with E-state index in [1.54, 1.807) is 11.3 Å². The van der Waals surface area contributed by atoms with Crippen molar-refractivity contribution in [2.24, 2.45) is 5.92 Å². The smallest absolute Gasteiger partial charge is 0.0672 e. The van der Waals surface area contributed by atoms with Crippen LogP contribution in [-0.4, -0.2) is 6.04 Å². The van der Waals surface area contributed by atoms with Gasteiger partial charge in [-0.3, -0.25) is 0 Å². The van der Waals surface area contributed by atoms with Crippen LogP contribution in [0.4, 0.5) is 0 Å². The molecule has 3 unspecified atom stereocenters. The van der Waals surface area contributed by atoms with Crippen LogP contribution in [0.15, 0.2) is 11.4 Å². The van der Waals surface area contributed by atoms with E-state index in [1.807, 2.05) is 0 Å². The zero-order chi connectivity index (χ0) is 11.5. The van der Waals surface area contributed by atoms with E-state index in [2.05, 4.69) is 36.7 Å². The molecule has 2 rings (SSSR count). The van der Waals surface area contributed by atoms with E-state index in [0.29, 0.717) is 12.1 Å². The fourth-order valence-corrected chi connectivity index (χ4v) is 3.48. The maximum Gasteiger partial charge on any atom is 0.0672 e. The molecule has 2 nitrogen and oxygen atoms in total. The maximum absolute atomic E-state index is 9.05. The topological polar surface area (TPSA) is 35.8 Å². The molecule has 1 saturated carbocycles. The van der Waals surface area contributed by atoms with Crippen LogP contribution in [0.3, 0.4) is 0 Å². The van der Waals surface area contributed by atoms with Gasteiger partial charge in [-0.25, -0.2) is 0 Å². The lowest BCUT2D eigenvalue weighted by Gasteiger charge is -2.21. The van der Waals surface area contributed by atoms with E-state index < -0.39 is 0 Å². The van der Waals surface area contributed by atoms with Crippen molar-refractivity contribution < 1.29 is 0 Å². The lowest BCUT2D eigenvalue weighted by molar-refractivity contribution is 0.420. The first-order valence-electron chi connectivity index (χ1n) is 5.92. The fraction of sp³-hybridized carbons (Fsp3) is 0.615. The Morgan fingerprint density at radius 3 is 3.00 bits per heavy atom. The number of thiophene rings is 1. The molecule has 1 aliphatic rings. The third-order valence-corrected chi connectivity index (χ3v) is 4.64. The Morgan fingerprint density at radius 2 is 2.38 bits per heavy atom. The predicted octanol–water partition coefficient (Wildman–Crippen LogP) is 3.40. The van der Waals surface area contributed by atoms with Gasteiger partial charge in [0, 0.05) is 17.0 Å². The fourth-order valence-electron chi connectivity index (χ4n) is 2.54. The highest BCUT2D eigenvalue weighted by atomic mass is 32.1. The first-order chi connectivity index (χ1) is 7.72. The second-order valence-corrected chi connectivity index (χ2v) is 5.58. The van der Waals surface area contributed by atoms with E-state index in [0.717, 1.165) is 12.8 Å². The second-order valence-electron chi connectivity index (χ2n) is 4.63. The van der Waals surface area contributed by atoms with Gasteiger partial charge < -0.3 is 5.32 Å². The number of nitrogens with one attached hydrogen (secondary N) is 1. The number of aryl methyl sites for hydroxylation is 1. The Hall–Kier alpha value is -0.850. The average Bonchev–Trinajstić information content (AvgIpc) is 2.86. The quantitative estimate of drug-likeness (QED) is 0.870. The van der Waals surface area contributed by atoms with Gasteiger partial charge in [-0.2, -0.15) is 5.26 Å². The minimum atomic E-state index is 0.211. The summed E-state index contributed by atoms with van der Waals surface area (Å²) >= 11 is 1.80. The van der Waals surface area contributed by atoms with Crippen LogP contribution >= 0.6 is 11.3 Å². The van der Waals surface area contributed by atoms with Gasteiger partial charge in [0.2, 0.25) is 0 Å². The summed E-state index contributed by atoms with van der Waals surface area (Å²) in [4.78, 5) is 1.41. The van der Waals surface area contributed by atoms with Crippen molar-refractivity contribution >= 4 is 11.3 Å². The molecule has 1 fully saturated rings. The summed E-state index contributed by atoms with van der Waals surface area (Å²) in [6.45, 7) is 4.35. The van der Waals surface area contributed by atoms with E-state index in [9.17, 15) is 0 Å². The minimum Gasteiger partial charge on any atom is -0.305 e. The third-order valence-electron chi connectivity index (χ3n) is 3.44. The Kier molecular flexibility index (Phi) is 3.63. The van der Waals surface area contributed by atoms with E-state index in [1.165, 1.54) is 16.9 Å². The molecule has 1 N–H and O–H groups in total. The summed E-state index contributed by atoms with van der Waals surface area (Å²) in [6, 6.07) is 5.35. The molecule has 1 heterocycles. The third kappa shape index (κ3) is 2.28. The second kappa shape index (κ2) is 4.99. The highest BCUT2D eigenvalue weighted by Crippen LogP contribution is 2.29. The molecule has 3 heteroatoms. The van der Waals surface area contributed by atoms with Gasteiger partial charge in [-0.15, -0.1) is 11.3 Å². The van der Waals surface area contributed by atoms with Crippen LogP contribution in [0.25, 0.3) is 0 Å². The van der Waals surface area contributed by atoms with E-state index in [4.69, 9.17) is 5.26 Å². The minimum absolute atomic E-state index is 0.211. The van der Waals surface area contributed by atoms with Gasteiger partial charge in [-0.1, -0.05) is 6.42 Å². The van der Waals surface area contributed by atoms with Gasteiger partial charge in [-0.05, 0) is 43.7 Å². The molecular formula is C13H18N2S. The molecule has 0 amide bonds. The molecule has 0 aromatic carbocycles. The van der Waals surface area contributed by atoms with Crippen LogP contribution in [0.1, 0.15) is 42.7 Å². The van der Waals surface area contributed by atoms with Crippen LogP contribution in [0.2, 0.25) is 0 Å². The number of hydrogen-bond donors (Lipinski definition) is 1. The van der Waals surface area contributed by atoms with Crippen LogP contribution in [0, 0.1) is 24.2 Å². The highest BCUT2D eigenvalue weighted by Gasteiger charge is 2.28. The van der Waals surface area contributed by atoms with Crippen molar-refractivity contribution in [2.75, 3.05) is 0 Å². The molecule has 16 heavy (non-hydrogen) atoms. The van der Waals surface area contributed by atoms with Crippen molar-refractivity contribution in [1.29, 1.82) is 5.26 Å². The Bertz CT molecular complexity index is 391. The Morgan fingerprint density at radius 1 is 1.56 bits per heavy atom. The molecular weight excluding hydrogens is 216 g/mol. The van der Waals surface area contributed by atoms with Crippen molar-refractivity contribution in [3.8, 4) is 6.07 Å². The molecule has 0 saturated heterocycles. The first-order valence-corrected chi connectivity index (χ1v) is 6.80. The maximum atomic E-state index is 9.05. The van der Waals surface area contributed by atoms with E-state index >= 15 is 0 Å². The monoisotopic (exact) mass is 234 g/mol. The average molecular weight is 234 g/mol. The van der Waals surface area contributed by atoms with Gasteiger partial charge in [0.25, 0.3) is 0 Å². The summed E-state index contributed by atoms with van der Waals surface area (Å²) in [7, 11) is 0. The number of nitrogens with zero attached hydrogens (tertiary/aromatic N) is 1. The molecule has 0 aliphatic heterocycles. The van der Waals surface area contributed by atoms with Gasteiger partial charge in [0.15, 0.2) is 0 Å². The molecule has 0 bridgehead atoms. The Balaban J connectivity index is 2.00. The molecule has 0 spiro atoms. The molecule has 1 aromatic rings. The Labute approximate surface area is 101 Å². The summed E-state index contributed by atoms with van der Waals surface area (Å²) in [5.74, 6) is 0.211. The van der Waals surface area contributed by atoms with Crippen molar-refractivity contribution in [3.05, 3.63) is 21.9 Å². The van der Waals surface area contributed by atoms with Crippen molar-refractivity contribution in [1.82, 2.24) is 5.32 Å². The standard InChI is InChI=1S/C13H18N2S/c1-9-6-7-16-13(9)10(2)15-12-5-3-4-11(12)8-14/h6-7,10-12,15H,3-5H2,1-2H3. The number of nitriles is 1. The zero-order valence-corrected chi connectivity index (χ0v) is 10.7. The SMILES string of the molecule is Cc1ccsc1C(C)NC1CCCC1C#N. The molecule has 1 aliphatic carbocycles. The van der Waals surface area contributed by atoms with Gasteiger partial charge in [0.05, 0.1) is 12.0 Å². The zero-order valence-electron chi connectivity index (χ0n) is 9.86. The van der Waals surface area contributed by atoms with Crippen LogP contribution in [-0.2, 0) is 0 Å². The highest BCUT2D eigenvalue weighted by molar-refractivity contribution is 7.10. The lowest BCUT2D eigenvalue weighted by atomic mass is 10.0. The molecule has 1 aromatic heterocycles. The van der Waals surface area contributed by atoms with Crippen molar-refractivity contribution in [3.63, 3.8) is 0 Å². The summed E-state index contributed by atoms with van der Waals surface area (Å²) in [6.07, 6.45) is 3.39. The summed E-state index contributed by atoms with van der Waals surface area (Å²) < 4.78 is 0.